The maximum Gasteiger partial charge on any atom is 0.573 e. The molecule has 6 heteroatoms. The highest BCUT2D eigenvalue weighted by Crippen LogP contribution is 2.34. The SMILES string of the molecule is FC(F)(F)Oc1cc(-c2ccc(CBr)cc2)ccc1Cl. The molecule has 0 aromatic heterocycles. The largest absolute Gasteiger partial charge is 0.573 e. The Morgan fingerprint density at radius 2 is 1.60 bits per heavy atom. The number of hydrogen-bond acceptors (Lipinski definition) is 1. The van der Waals surface area contributed by atoms with Crippen molar-refractivity contribution in [3.63, 3.8) is 0 Å². The number of ether oxygens (including phenoxy) is 1. The van der Waals surface area contributed by atoms with Crippen LogP contribution in [0.3, 0.4) is 0 Å². The van der Waals surface area contributed by atoms with Crippen LogP contribution in [0.5, 0.6) is 5.75 Å². The lowest BCUT2D eigenvalue weighted by Gasteiger charge is -2.12. The van der Waals surface area contributed by atoms with Gasteiger partial charge in [0.2, 0.25) is 0 Å². The van der Waals surface area contributed by atoms with Gasteiger partial charge in [0, 0.05) is 5.33 Å². The fourth-order valence-corrected chi connectivity index (χ4v) is 2.20. The summed E-state index contributed by atoms with van der Waals surface area (Å²) in [6.07, 6.45) is -4.76. The van der Waals surface area contributed by atoms with E-state index in [4.69, 9.17) is 11.6 Å². The second-order valence-electron chi connectivity index (χ2n) is 4.02. The molecule has 0 aliphatic heterocycles. The van der Waals surface area contributed by atoms with Gasteiger partial charge in [-0.2, -0.15) is 0 Å². The van der Waals surface area contributed by atoms with E-state index in [0.29, 0.717) is 5.56 Å². The maximum absolute atomic E-state index is 12.3. The average molecular weight is 366 g/mol. The predicted octanol–water partition coefficient (Wildman–Crippen LogP) is 5.80. The third kappa shape index (κ3) is 3.90. The van der Waals surface area contributed by atoms with E-state index in [1.54, 1.807) is 6.07 Å². The molecule has 0 spiro atoms. The van der Waals surface area contributed by atoms with Gasteiger partial charge in [0.15, 0.2) is 0 Å². The Labute approximate surface area is 127 Å². The van der Waals surface area contributed by atoms with E-state index in [9.17, 15) is 13.2 Å². The second kappa shape index (κ2) is 6.06. The second-order valence-corrected chi connectivity index (χ2v) is 4.99. The van der Waals surface area contributed by atoms with E-state index in [0.717, 1.165) is 16.5 Å². The molecule has 0 saturated carbocycles. The molecule has 0 aliphatic rings. The topological polar surface area (TPSA) is 9.23 Å². The zero-order valence-corrected chi connectivity index (χ0v) is 12.4. The third-order valence-electron chi connectivity index (χ3n) is 2.60. The Morgan fingerprint density at radius 3 is 2.15 bits per heavy atom. The van der Waals surface area contributed by atoms with Crippen LogP contribution in [-0.4, -0.2) is 6.36 Å². The summed E-state index contributed by atoms with van der Waals surface area (Å²) in [5, 5.41) is 0.638. The first-order chi connectivity index (χ1) is 9.39. The molecule has 2 aromatic carbocycles. The molecular formula is C14H9BrClF3O. The molecule has 0 bridgehead atoms. The number of halogens is 5. The van der Waals surface area contributed by atoms with Crippen molar-refractivity contribution in [1.29, 1.82) is 0 Å². The number of benzene rings is 2. The molecule has 0 fully saturated rings. The highest BCUT2D eigenvalue weighted by molar-refractivity contribution is 9.08. The third-order valence-corrected chi connectivity index (χ3v) is 3.56. The lowest BCUT2D eigenvalue weighted by atomic mass is 10.0. The molecule has 0 amide bonds. The van der Waals surface area contributed by atoms with Crippen molar-refractivity contribution >= 4 is 27.5 Å². The van der Waals surface area contributed by atoms with Crippen LogP contribution in [0.2, 0.25) is 5.02 Å². The van der Waals surface area contributed by atoms with Crippen molar-refractivity contribution in [2.24, 2.45) is 0 Å². The number of hydrogen-bond donors (Lipinski definition) is 0. The summed E-state index contributed by atoms with van der Waals surface area (Å²) in [7, 11) is 0. The Kier molecular flexibility index (Phi) is 4.60. The zero-order valence-electron chi connectivity index (χ0n) is 10.0. The molecule has 2 aromatic rings. The molecule has 0 atom stereocenters. The van der Waals surface area contributed by atoms with Crippen molar-refractivity contribution in [2.75, 3.05) is 0 Å². The summed E-state index contributed by atoms with van der Waals surface area (Å²) in [6.45, 7) is 0. The van der Waals surface area contributed by atoms with E-state index in [1.807, 2.05) is 24.3 Å². The lowest BCUT2D eigenvalue weighted by molar-refractivity contribution is -0.274. The summed E-state index contributed by atoms with van der Waals surface area (Å²) in [5.74, 6) is -0.402. The summed E-state index contributed by atoms with van der Waals surface area (Å²) in [6, 6.07) is 11.8. The molecule has 0 heterocycles. The minimum Gasteiger partial charge on any atom is -0.404 e. The van der Waals surface area contributed by atoms with E-state index in [2.05, 4.69) is 20.7 Å². The quantitative estimate of drug-likeness (QED) is 0.625. The van der Waals surface area contributed by atoms with Gasteiger partial charge in [0.25, 0.3) is 0 Å². The smallest absolute Gasteiger partial charge is 0.404 e. The lowest BCUT2D eigenvalue weighted by Crippen LogP contribution is -2.17. The zero-order chi connectivity index (χ0) is 14.8. The Bertz CT molecular complexity index is 596. The van der Waals surface area contributed by atoms with Gasteiger partial charge in [-0.3, -0.25) is 0 Å². The molecule has 0 radical (unpaired) electrons. The van der Waals surface area contributed by atoms with Crippen LogP contribution in [0.1, 0.15) is 5.56 Å². The van der Waals surface area contributed by atoms with Crippen molar-refractivity contribution < 1.29 is 17.9 Å². The van der Waals surface area contributed by atoms with Crippen molar-refractivity contribution in [2.45, 2.75) is 11.7 Å². The molecule has 0 aliphatic carbocycles. The van der Waals surface area contributed by atoms with Gasteiger partial charge in [0.05, 0.1) is 5.02 Å². The van der Waals surface area contributed by atoms with Gasteiger partial charge < -0.3 is 4.74 Å². The van der Waals surface area contributed by atoms with Gasteiger partial charge in [-0.05, 0) is 28.8 Å². The van der Waals surface area contributed by atoms with Crippen molar-refractivity contribution in [1.82, 2.24) is 0 Å². The number of rotatable bonds is 3. The molecule has 106 valence electrons. The summed E-state index contributed by atoms with van der Waals surface area (Å²) in [5.41, 5.74) is 2.47. The summed E-state index contributed by atoms with van der Waals surface area (Å²) < 4.78 is 40.7. The van der Waals surface area contributed by atoms with Gasteiger partial charge in [0.1, 0.15) is 5.75 Å². The van der Waals surface area contributed by atoms with Gasteiger partial charge in [-0.1, -0.05) is 57.9 Å². The van der Waals surface area contributed by atoms with E-state index >= 15 is 0 Å². The van der Waals surface area contributed by atoms with E-state index in [1.165, 1.54) is 12.1 Å². The number of alkyl halides is 4. The maximum atomic E-state index is 12.3. The fraction of sp³-hybridized carbons (Fsp3) is 0.143. The van der Waals surface area contributed by atoms with Crippen LogP contribution in [0, 0.1) is 0 Å². The average Bonchev–Trinajstić information content (AvgIpc) is 2.40. The highest BCUT2D eigenvalue weighted by atomic mass is 79.9. The van der Waals surface area contributed by atoms with E-state index in [-0.39, 0.29) is 5.02 Å². The minimum absolute atomic E-state index is 0.0804. The summed E-state index contributed by atoms with van der Waals surface area (Å²) >= 11 is 9.04. The van der Waals surface area contributed by atoms with Crippen molar-refractivity contribution in [3.05, 3.63) is 53.1 Å². The Morgan fingerprint density at radius 1 is 1.00 bits per heavy atom. The van der Waals surface area contributed by atoms with Gasteiger partial charge >= 0.3 is 6.36 Å². The van der Waals surface area contributed by atoms with Crippen LogP contribution in [0.4, 0.5) is 13.2 Å². The predicted molar refractivity (Wildman–Crippen MR) is 76.2 cm³/mol. The Balaban J connectivity index is 2.34. The van der Waals surface area contributed by atoms with Crippen molar-refractivity contribution in [3.8, 4) is 16.9 Å². The van der Waals surface area contributed by atoms with Crippen LogP contribution in [0.25, 0.3) is 11.1 Å². The van der Waals surface area contributed by atoms with Crippen LogP contribution < -0.4 is 4.74 Å². The van der Waals surface area contributed by atoms with Crippen LogP contribution >= 0.6 is 27.5 Å². The molecule has 20 heavy (non-hydrogen) atoms. The molecule has 2 rings (SSSR count). The fourth-order valence-electron chi connectivity index (χ4n) is 1.67. The Hall–Kier alpha value is -1.20. The standard InChI is InChI=1S/C14H9BrClF3O/c15-8-9-1-3-10(4-2-9)11-5-6-12(16)13(7-11)20-14(17,18)19/h1-7H,8H2. The van der Waals surface area contributed by atoms with Gasteiger partial charge in [-0.25, -0.2) is 0 Å². The van der Waals surface area contributed by atoms with Crippen LogP contribution in [0.15, 0.2) is 42.5 Å². The molecule has 0 unspecified atom stereocenters. The molecular weight excluding hydrogens is 357 g/mol. The highest BCUT2D eigenvalue weighted by Gasteiger charge is 2.32. The molecule has 0 N–H and O–H groups in total. The first kappa shape index (κ1) is 15.2. The normalized spacial score (nSPS) is 11.4. The molecule has 1 nitrogen and oxygen atoms in total. The first-order valence-corrected chi connectivity index (χ1v) is 7.09. The summed E-state index contributed by atoms with van der Waals surface area (Å²) in [4.78, 5) is 0. The van der Waals surface area contributed by atoms with E-state index < -0.39 is 12.1 Å². The molecule has 0 saturated heterocycles. The van der Waals surface area contributed by atoms with Crippen LogP contribution in [-0.2, 0) is 5.33 Å². The monoisotopic (exact) mass is 364 g/mol. The minimum atomic E-state index is -4.76. The van der Waals surface area contributed by atoms with Gasteiger partial charge in [-0.15, -0.1) is 13.2 Å². The first-order valence-electron chi connectivity index (χ1n) is 5.59.